The third-order valence-electron chi connectivity index (χ3n) is 3.49. The van der Waals surface area contributed by atoms with Gasteiger partial charge in [-0.05, 0) is 45.7 Å². The van der Waals surface area contributed by atoms with Crippen LogP contribution in [0, 0.1) is 33.6 Å². The summed E-state index contributed by atoms with van der Waals surface area (Å²) in [5.41, 5.74) is 2.04. The fourth-order valence-electron chi connectivity index (χ4n) is 2.42. The predicted molar refractivity (Wildman–Crippen MR) is 84.2 cm³/mol. The van der Waals surface area contributed by atoms with Crippen molar-refractivity contribution in [3.8, 4) is 0 Å². The van der Waals surface area contributed by atoms with Gasteiger partial charge in [0.1, 0.15) is 16.4 Å². The molecule has 0 saturated heterocycles. The largest absolute Gasteiger partial charge is 0.465 e. The maximum Gasteiger partial charge on any atom is 0.244 e. The summed E-state index contributed by atoms with van der Waals surface area (Å²) in [7, 11) is -3.54. The molecule has 0 fully saturated rings. The topological polar surface area (TPSA) is 77.1 Å². The van der Waals surface area contributed by atoms with E-state index in [1.54, 1.807) is 19.9 Å². The number of sulfonamides is 1. The second-order valence-electron chi connectivity index (χ2n) is 5.84. The van der Waals surface area contributed by atoms with Crippen LogP contribution < -0.4 is 4.72 Å². The molecule has 22 heavy (non-hydrogen) atoms. The van der Waals surface area contributed by atoms with Gasteiger partial charge in [-0.25, -0.2) is 13.1 Å². The molecule has 0 aliphatic rings. The van der Waals surface area contributed by atoms with E-state index in [0.29, 0.717) is 24.6 Å². The van der Waals surface area contributed by atoms with E-state index in [4.69, 9.17) is 4.42 Å². The molecule has 0 bridgehead atoms. The first kappa shape index (κ1) is 16.8. The summed E-state index contributed by atoms with van der Waals surface area (Å²) in [6.45, 7) is 10.3. The zero-order valence-corrected chi connectivity index (χ0v) is 14.5. The first-order valence-electron chi connectivity index (χ1n) is 7.27. The lowest BCUT2D eigenvalue weighted by Gasteiger charge is -2.14. The molecule has 122 valence electrons. The van der Waals surface area contributed by atoms with E-state index in [2.05, 4.69) is 9.82 Å². The average molecular weight is 325 g/mol. The van der Waals surface area contributed by atoms with Crippen LogP contribution in [0.4, 0.5) is 0 Å². The van der Waals surface area contributed by atoms with E-state index >= 15 is 0 Å². The molecular formula is C15H23N3O3S. The number of hydrogen-bond donors (Lipinski definition) is 1. The van der Waals surface area contributed by atoms with Crippen LogP contribution in [0.1, 0.15) is 29.8 Å². The lowest BCUT2D eigenvalue weighted by Crippen LogP contribution is -2.30. The van der Waals surface area contributed by atoms with E-state index in [0.717, 1.165) is 11.4 Å². The number of rotatable bonds is 6. The predicted octanol–water partition coefficient (Wildman–Crippen LogP) is 2.32. The van der Waals surface area contributed by atoms with Crippen molar-refractivity contribution in [1.29, 1.82) is 0 Å². The normalized spacial score (nSPS) is 13.5. The van der Waals surface area contributed by atoms with Crippen molar-refractivity contribution in [3.63, 3.8) is 0 Å². The molecule has 0 unspecified atom stereocenters. The molecule has 0 radical (unpaired) electrons. The van der Waals surface area contributed by atoms with E-state index in [1.165, 1.54) is 0 Å². The highest BCUT2D eigenvalue weighted by Crippen LogP contribution is 2.19. The Morgan fingerprint density at radius 2 is 1.95 bits per heavy atom. The number of hydrogen-bond acceptors (Lipinski definition) is 4. The molecule has 1 atom stereocenters. The number of furan rings is 1. The Balaban J connectivity index is 2.00. The molecule has 0 amide bonds. The molecule has 0 saturated carbocycles. The van der Waals surface area contributed by atoms with Gasteiger partial charge in [-0.2, -0.15) is 5.10 Å². The van der Waals surface area contributed by atoms with Gasteiger partial charge in [-0.15, -0.1) is 0 Å². The van der Waals surface area contributed by atoms with Gasteiger partial charge in [0.2, 0.25) is 10.0 Å². The van der Waals surface area contributed by atoms with Crippen molar-refractivity contribution in [2.45, 2.75) is 46.1 Å². The highest BCUT2D eigenvalue weighted by molar-refractivity contribution is 7.89. The third-order valence-corrected chi connectivity index (χ3v) is 5.03. The Labute approximate surface area is 131 Å². The van der Waals surface area contributed by atoms with E-state index in [-0.39, 0.29) is 10.8 Å². The molecule has 6 nitrogen and oxygen atoms in total. The standard InChI is InChI=1S/C15H23N3O3S/c1-10(9-18-12(3)6-11(2)17-18)8-16-22(19,20)15-7-13(4)21-14(15)5/h6-7,10,16H,8-9H2,1-5H3/t10-/m0/s1. The van der Waals surface area contributed by atoms with Crippen LogP contribution >= 0.6 is 0 Å². The first-order chi connectivity index (χ1) is 10.2. The van der Waals surface area contributed by atoms with Gasteiger partial charge in [0, 0.05) is 18.8 Å². The van der Waals surface area contributed by atoms with Gasteiger partial charge in [0.15, 0.2) is 0 Å². The second kappa shape index (κ2) is 6.26. The minimum atomic E-state index is -3.54. The fourth-order valence-corrected chi connectivity index (χ4v) is 3.82. The van der Waals surface area contributed by atoms with Gasteiger partial charge < -0.3 is 4.42 Å². The molecule has 2 aromatic rings. The number of aryl methyl sites for hydroxylation is 4. The molecule has 0 aliphatic carbocycles. The molecule has 7 heteroatoms. The van der Waals surface area contributed by atoms with Crippen LogP contribution in [0.2, 0.25) is 0 Å². The Kier molecular flexibility index (Phi) is 4.77. The van der Waals surface area contributed by atoms with E-state index in [9.17, 15) is 8.42 Å². The summed E-state index contributed by atoms with van der Waals surface area (Å²) in [5.74, 6) is 1.13. The van der Waals surface area contributed by atoms with Gasteiger partial charge in [0.05, 0.1) is 5.69 Å². The van der Waals surface area contributed by atoms with Crippen LogP contribution in [0.5, 0.6) is 0 Å². The summed E-state index contributed by atoms with van der Waals surface area (Å²) in [6, 6.07) is 3.55. The molecule has 0 aromatic carbocycles. The monoisotopic (exact) mass is 325 g/mol. The third kappa shape index (κ3) is 3.78. The van der Waals surface area contributed by atoms with Crippen molar-refractivity contribution in [1.82, 2.24) is 14.5 Å². The van der Waals surface area contributed by atoms with Crippen LogP contribution in [0.15, 0.2) is 21.4 Å². The van der Waals surface area contributed by atoms with E-state index in [1.807, 2.05) is 31.5 Å². The zero-order chi connectivity index (χ0) is 16.5. The average Bonchev–Trinajstić information content (AvgIpc) is 2.90. The molecule has 2 heterocycles. The fraction of sp³-hybridized carbons (Fsp3) is 0.533. The Morgan fingerprint density at radius 1 is 1.27 bits per heavy atom. The Bertz CT molecular complexity index is 759. The Hall–Kier alpha value is -1.60. The minimum absolute atomic E-state index is 0.126. The highest BCUT2D eigenvalue weighted by atomic mass is 32.2. The summed E-state index contributed by atoms with van der Waals surface area (Å²) < 4.78 is 34.4. The number of nitrogens with zero attached hydrogens (tertiary/aromatic N) is 2. The van der Waals surface area contributed by atoms with Gasteiger partial charge in [-0.3, -0.25) is 4.68 Å². The van der Waals surface area contributed by atoms with E-state index < -0.39 is 10.0 Å². The SMILES string of the molecule is Cc1cc(C)n(C[C@@H](C)CNS(=O)(=O)c2cc(C)oc2C)n1. The quantitative estimate of drug-likeness (QED) is 0.884. The van der Waals surface area contributed by atoms with Crippen molar-refractivity contribution in [3.05, 3.63) is 35.0 Å². The van der Waals surface area contributed by atoms with Gasteiger partial charge >= 0.3 is 0 Å². The smallest absolute Gasteiger partial charge is 0.244 e. The number of aromatic nitrogens is 2. The van der Waals surface area contributed by atoms with Crippen LogP contribution in [0.25, 0.3) is 0 Å². The van der Waals surface area contributed by atoms with Crippen LogP contribution in [-0.4, -0.2) is 24.7 Å². The van der Waals surface area contributed by atoms with Crippen molar-refractivity contribution >= 4 is 10.0 Å². The summed E-state index contributed by atoms with van der Waals surface area (Å²) in [5, 5.41) is 4.39. The van der Waals surface area contributed by atoms with Crippen molar-refractivity contribution < 1.29 is 12.8 Å². The molecular weight excluding hydrogens is 302 g/mol. The molecule has 2 rings (SSSR count). The zero-order valence-electron chi connectivity index (χ0n) is 13.7. The summed E-state index contributed by atoms with van der Waals surface area (Å²) in [6.07, 6.45) is 0. The Morgan fingerprint density at radius 3 is 2.45 bits per heavy atom. The van der Waals surface area contributed by atoms with Crippen LogP contribution in [-0.2, 0) is 16.6 Å². The van der Waals surface area contributed by atoms with Crippen molar-refractivity contribution in [2.75, 3.05) is 6.54 Å². The summed E-state index contributed by atoms with van der Waals surface area (Å²) >= 11 is 0. The molecule has 1 N–H and O–H groups in total. The summed E-state index contributed by atoms with van der Waals surface area (Å²) in [4.78, 5) is 0.211. The molecule has 0 aliphatic heterocycles. The van der Waals surface area contributed by atoms with Crippen LogP contribution in [0.3, 0.4) is 0 Å². The lowest BCUT2D eigenvalue weighted by atomic mass is 10.2. The van der Waals surface area contributed by atoms with Gasteiger partial charge in [0.25, 0.3) is 0 Å². The maximum absolute atomic E-state index is 12.3. The molecule has 0 spiro atoms. The lowest BCUT2D eigenvalue weighted by molar-refractivity contribution is 0.435. The van der Waals surface area contributed by atoms with Crippen molar-refractivity contribution in [2.24, 2.45) is 5.92 Å². The minimum Gasteiger partial charge on any atom is -0.465 e. The highest BCUT2D eigenvalue weighted by Gasteiger charge is 2.21. The molecule has 2 aromatic heterocycles. The maximum atomic E-state index is 12.3. The van der Waals surface area contributed by atoms with Gasteiger partial charge in [-0.1, -0.05) is 6.92 Å². The second-order valence-corrected chi connectivity index (χ2v) is 7.58. The first-order valence-corrected chi connectivity index (χ1v) is 8.75. The number of nitrogens with one attached hydrogen (secondary N) is 1.